The molecule has 0 aliphatic rings. The molecule has 0 heterocycles. The molecule has 0 unspecified atom stereocenters. The van der Waals surface area contributed by atoms with Gasteiger partial charge >= 0.3 is 12.0 Å². The highest BCUT2D eigenvalue weighted by molar-refractivity contribution is 7.90. The molecule has 0 aliphatic carbocycles. The Morgan fingerprint density at radius 2 is 1.44 bits per heavy atom. The monoisotopic (exact) mass is 452 g/mol. The number of benzene rings is 3. The van der Waals surface area contributed by atoms with Crippen LogP contribution in [0.5, 0.6) is 0 Å². The number of amides is 2. The highest BCUT2D eigenvalue weighted by Crippen LogP contribution is 2.31. The quantitative estimate of drug-likeness (QED) is 0.541. The summed E-state index contributed by atoms with van der Waals surface area (Å²) >= 11 is 0. The average Bonchev–Trinajstić information content (AvgIpc) is 2.72. The van der Waals surface area contributed by atoms with Crippen LogP contribution in [0, 0.1) is 13.8 Å². The summed E-state index contributed by atoms with van der Waals surface area (Å²) in [6.07, 6.45) is 1.13. The summed E-state index contributed by atoms with van der Waals surface area (Å²) in [5.74, 6) is -0.401. The molecule has 0 saturated carbocycles. The molecule has 3 rings (SSSR count). The number of hydrogen-bond acceptors (Lipinski definition) is 5. The lowest BCUT2D eigenvalue weighted by molar-refractivity contribution is 0.0600. The maximum atomic E-state index is 12.4. The molecule has 3 aromatic carbocycles. The van der Waals surface area contributed by atoms with Crippen LogP contribution in [0.1, 0.15) is 21.5 Å². The number of carbonyl (C=O) groups excluding carboxylic acids is 2. The predicted molar refractivity (Wildman–Crippen MR) is 125 cm³/mol. The maximum Gasteiger partial charge on any atom is 0.337 e. The fourth-order valence-corrected chi connectivity index (χ4v) is 4.12. The fraction of sp³-hybridized carbons (Fsp3) is 0.167. The zero-order valence-electron chi connectivity index (χ0n) is 18.2. The second-order valence-corrected chi connectivity index (χ2v) is 9.45. The van der Waals surface area contributed by atoms with Gasteiger partial charge in [0.15, 0.2) is 9.84 Å². The van der Waals surface area contributed by atoms with Crippen molar-refractivity contribution in [1.82, 2.24) is 0 Å². The van der Waals surface area contributed by atoms with Gasteiger partial charge in [0, 0.05) is 17.6 Å². The summed E-state index contributed by atoms with van der Waals surface area (Å²) in [4.78, 5) is 24.4. The molecule has 166 valence electrons. The van der Waals surface area contributed by atoms with E-state index in [1.807, 2.05) is 32.0 Å². The van der Waals surface area contributed by atoms with Crippen molar-refractivity contribution in [2.75, 3.05) is 24.0 Å². The fourth-order valence-electron chi connectivity index (χ4n) is 3.49. The Balaban J connectivity index is 1.78. The third-order valence-corrected chi connectivity index (χ3v) is 6.03. The van der Waals surface area contributed by atoms with E-state index in [0.29, 0.717) is 16.9 Å². The number of hydrogen-bond donors (Lipinski definition) is 2. The standard InChI is InChI=1S/C24H24N2O5S/c1-15-12-20(26-24(28)25-19-8-10-21(11-9-19)32(4,29)30)13-16(2)22(15)17-6-5-7-18(14-17)23(27)31-3/h5-14H,1-4H3,(H2,25,26,28). The first-order valence-corrected chi connectivity index (χ1v) is 11.7. The molecular weight excluding hydrogens is 428 g/mol. The van der Waals surface area contributed by atoms with Crippen molar-refractivity contribution in [2.24, 2.45) is 0 Å². The van der Waals surface area contributed by atoms with Gasteiger partial charge in [0.2, 0.25) is 0 Å². The summed E-state index contributed by atoms with van der Waals surface area (Å²) in [7, 11) is -1.95. The first kappa shape index (κ1) is 23.0. The lowest BCUT2D eigenvalue weighted by Crippen LogP contribution is -2.19. The lowest BCUT2D eigenvalue weighted by atomic mass is 9.94. The Hall–Kier alpha value is -3.65. The van der Waals surface area contributed by atoms with Crippen LogP contribution in [-0.2, 0) is 14.6 Å². The topological polar surface area (TPSA) is 102 Å². The van der Waals surface area contributed by atoms with E-state index in [9.17, 15) is 18.0 Å². The number of aryl methyl sites for hydroxylation is 2. The summed E-state index contributed by atoms with van der Waals surface area (Å²) in [6.45, 7) is 3.86. The van der Waals surface area contributed by atoms with Crippen molar-refractivity contribution in [1.29, 1.82) is 0 Å². The van der Waals surface area contributed by atoms with Crippen LogP contribution in [0.3, 0.4) is 0 Å². The molecule has 0 saturated heterocycles. The van der Waals surface area contributed by atoms with Crippen molar-refractivity contribution < 1.29 is 22.7 Å². The van der Waals surface area contributed by atoms with Crippen LogP contribution in [0.2, 0.25) is 0 Å². The van der Waals surface area contributed by atoms with E-state index in [0.717, 1.165) is 28.5 Å². The molecular formula is C24H24N2O5S. The van der Waals surface area contributed by atoms with E-state index in [4.69, 9.17) is 4.74 Å². The molecule has 8 heteroatoms. The average molecular weight is 453 g/mol. The van der Waals surface area contributed by atoms with E-state index in [1.165, 1.54) is 31.4 Å². The van der Waals surface area contributed by atoms with E-state index < -0.39 is 21.8 Å². The maximum absolute atomic E-state index is 12.4. The van der Waals surface area contributed by atoms with Gasteiger partial charge in [0.05, 0.1) is 17.6 Å². The SMILES string of the molecule is COC(=O)c1cccc(-c2c(C)cc(NC(=O)Nc3ccc(S(C)(=O)=O)cc3)cc2C)c1. The Kier molecular flexibility index (Phi) is 6.64. The highest BCUT2D eigenvalue weighted by Gasteiger charge is 2.13. The van der Waals surface area contributed by atoms with Crippen LogP contribution in [-0.4, -0.2) is 33.8 Å². The van der Waals surface area contributed by atoms with Gasteiger partial charge in [-0.3, -0.25) is 0 Å². The Bertz CT molecular complexity index is 1260. The molecule has 3 aromatic rings. The second-order valence-electron chi connectivity index (χ2n) is 7.43. The molecule has 0 aromatic heterocycles. The number of methoxy groups -OCH3 is 1. The van der Waals surface area contributed by atoms with Crippen molar-refractivity contribution in [3.63, 3.8) is 0 Å². The van der Waals surface area contributed by atoms with E-state index in [1.54, 1.807) is 18.2 Å². The van der Waals surface area contributed by atoms with Crippen LogP contribution >= 0.6 is 0 Å². The van der Waals surface area contributed by atoms with Crippen molar-refractivity contribution in [3.05, 3.63) is 77.4 Å². The predicted octanol–water partition coefficient (Wildman–Crippen LogP) is 4.80. The molecule has 2 amide bonds. The third kappa shape index (κ3) is 5.33. The summed E-state index contributed by atoms with van der Waals surface area (Å²) in [5.41, 5.74) is 5.26. The second kappa shape index (κ2) is 9.23. The minimum absolute atomic E-state index is 0.182. The molecule has 0 aliphatic heterocycles. The Labute approximate surface area is 187 Å². The van der Waals surface area contributed by atoms with Gasteiger partial charge < -0.3 is 15.4 Å². The van der Waals surface area contributed by atoms with Gasteiger partial charge in [0.25, 0.3) is 0 Å². The zero-order valence-corrected chi connectivity index (χ0v) is 19.0. The third-order valence-electron chi connectivity index (χ3n) is 4.90. The Morgan fingerprint density at radius 1 is 0.844 bits per heavy atom. The molecule has 0 atom stereocenters. The minimum atomic E-state index is -3.30. The van der Waals surface area contributed by atoms with Crippen LogP contribution in [0.4, 0.5) is 16.2 Å². The van der Waals surface area contributed by atoms with E-state index in [-0.39, 0.29) is 4.90 Å². The van der Waals surface area contributed by atoms with Crippen molar-refractivity contribution in [3.8, 4) is 11.1 Å². The summed E-state index contributed by atoms with van der Waals surface area (Å²) in [5, 5.41) is 5.48. The number of nitrogens with one attached hydrogen (secondary N) is 2. The van der Waals surface area contributed by atoms with Gasteiger partial charge in [0.1, 0.15) is 0 Å². The molecule has 0 radical (unpaired) electrons. The molecule has 32 heavy (non-hydrogen) atoms. The normalized spacial score (nSPS) is 11.0. The number of urea groups is 1. The summed E-state index contributed by atoms with van der Waals surface area (Å²) in [6, 6.07) is 16.4. The number of ether oxygens (including phenoxy) is 1. The molecule has 0 fully saturated rings. The number of esters is 1. The van der Waals surface area contributed by atoms with Gasteiger partial charge in [-0.25, -0.2) is 18.0 Å². The van der Waals surface area contributed by atoms with Crippen molar-refractivity contribution in [2.45, 2.75) is 18.7 Å². The number of rotatable bonds is 5. The van der Waals surface area contributed by atoms with Gasteiger partial charge in [-0.15, -0.1) is 0 Å². The first-order chi connectivity index (χ1) is 15.1. The van der Waals surface area contributed by atoms with Crippen molar-refractivity contribution >= 4 is 33.2 Å². The van der Waals surface area contributed by atoms with E-state index >= 15 is 0 Å². The highest BCUT2D eigenvalue weighted by atomic mass is 32.2. The van der Waals surface area contributed by atoms with Crippen LogP contribution in [0.15, 0.2) is 65.6 Å². The molecule has 7 nitrogen and oxygen atoms in total. The van der Waals surface area contributed by atoms with Gasteiger partial charge in [-0.2, -0.15) is 0 Å². The van der Waals surface area contributed by atoms with Crippen LogP contribution in [0.25, 0.3) is 11.1 Å². The van der Waals surface area contributed by atoms with E-state index in [2.05, 4.69) is 10.6 Å². The molecule has 2 N–H and O–H groups in total. The Morgan fingerprint density at radius 3 is 2.00 bits per heavy atom. The lowest BCUT2D eigenvalue weighted by Gasteiger charge is -2.15. The van der Waals surface area contributed by atoms with Gasteiger partial charge in [-0.05, 0) is 84.6 Å². The number of anilines is 2. The largest absolute Gasteiger partial charge is 0.465 e. The minimum Gasteiger partial charge on any atom is -0.465 e. The molecule has 0 spiro atoms. The molecule has 0 bridgehead atoms. The number of carbonyl (C=O) groups is 2. The zero-order chi connectivity index (χ0) is 23.5. The smallest absolute Gasteiger partial charge is 0.337 e. The number of sulfone groups is 1. The van der Waals surface area contributed by atoms with Crippen LogP contribution < -0.4 is 10.6 Å². The summed E-state index contributed by atoms with van der Waals surface area (Å²) < 4.78 is 27.9. The van der Waals surface area contributed by atoms with Gasteiger partial charge in [-0.1, -0.05) is 12.1 Å². The first-order valence-electron chi connectivity index (χ1n) is 9.76.